The molecule has 1 heterocycles. The Balaban J connectivity index is 1.63. The Morgan fingerprint density at radius 1 is 1.03 bits per heavy atom. The van der Waals surface area contributed by atoms with Gasteiger partial charge in [-0.25, -0.2) is 17.9 Å². The molecule has 0 fully saturated rings. The summed E-state index contributed by atoms with van der Waals surface area (Å²) in [5.41, 5.74) is 1.15. The highest BCUT2D eigenvalue weighted by atomic mass is 32.2. The van der Waals surface area contributed by atoms with Crippen LogP contribution in [0.25, 0.3) is 10.9 Å². The first-order valence-electron chi connectivity index (χ1n) is 9.24. The number of H-pyrrole nitrogens is 1. The highest BCUT2D eigenvalue weighted by Crippen LogP contribution is 2.18. The first-order valence-corrected chi connectivity index (χ1v) is 10.7. The van der Waals surface area contributed by atoms with E-state index in [4.69, 9.17) is 4.74 Å². The Hall–Kier alpha value is -3.24. The Morgan fingerprint density at radius 3 is 2.37 bits per heavy atom. The molecule has 9 nitrogen and oxygen atoms in total. The van der Waals surface area contributed by atoms with Crippen molar-refractivity contribution in [3.63, 3.8) is 0 Å². The van der Waals surface area contributed by atoms with Gasteiger partial charge in [0.15, 0.2) is 11.8 Å². The number of rotatable bonds is 7. The number of benzene rings is 2. The summed E-state index contributed by atoms with van der Waals surface area (Å²) in [5.74, 6) is -1.28. The number of carbonyl (C=O) groups excluding carboxylic acids is 2. The van der Waals surface area contributed by atoms with Crippen LogP contribution in [-0.4, -0.2) is 42.6 Å². The highest BCUT2D eigenvalue weighted by Gasteiger charge is 2.22. The summed E-state index contributed by atoms with van der Waals surface area (Å²) in [7, 11) is -3.62. The first kappa shape index (κ1) is 21.5. The minimum Gasteiger partial charge on any atom is -0.448 e. The van der Waals surface area contributed by atoms with Crippen LogP contribution in [0, 0.1) is 0 Å². The number of ether oxygens (including phenoxy) is 1. The molecule has 30 heavy (non-hydrogen) atoms. The van der Waals surface area contributed by atoms with E-state index in [2.05, 4.69) is 20.2 Å². The summed E-state index contributed by atoms with van der Waals surface area (Å²) >= 11 is 0. The average molecular weight is 430 g/mol. The van der Waals surface area contributed by atoms with Crippen molar-refractivity contribution >= 4 is 38.5 Å². The molecule has 1 atom stereocenters. The number of nitrogens with one attached hydrogen (secondary N) is 3. The fourth-order valence-electron chi connectivity index (χ4n) is 2.73. The number of hydrogen-bond donors (Lipinski definition) is 3. The van der Waals surface area contributed by atoms with Gasteiger partial charge in [0.05, 0.1) is 10.4 Å². The molecule has 0 aliphatic carbocycles. The Kier molecular flexibility index (Phi) is 6.18. The van der Waals surface area contributed by atoms with Gasteiger partial charge in [-0.05, 0) is 51.1 Å². The molecule has 0 radical (unpaired) electrons. The van der Waals surface area contributed by atoms with Crippen molar-refractivity contribution in [1.29, 1.82) is 0 Å². The standard InChI is InChI=1S/C20H22N4O5S/c1-12(2)24-30(27,28)15-10-8-14(9-11-15)21-19(25)13(3)29-20(26)18-16-6-4-5-7-17(16)22-23-18/h4-13,24H,1-3H3,(H,21,25)(H,22,23). The lowest BCUT2D eigenvalue weighted by atomic mass is 10.2. The zero-order chi connectivity index (χ0) is 21.9. The van der Waals surface area contributed by atoms with Gasteiger partial charge in [-0.2, -0.15) is 5.10 Å². The Bertz CT molecular complexity index is 1170. The van der Waals surface area contributed by atoms with Crippen molar-refractivity contribution in [3.8, 4) is 0 Å². The van der Waals surface area contributed by atoms with Crippen molar-refractivity contribution in [3.05, 3.63) is 54.2 Å². The van der Waals surface area contributed by atoms with Crippen LogP contribution in [0.15, 0.2) is 53.4 Å². The quantitative estimate of drug-likeness (QED) is 0.494. The van der Waals surface area contributed by atoms with Crippen LogP contribution in [0.1, 0.15) is 31.3 Å². The third-order valence-corrected chi connectivity index (χ3v) is 5.81. The van der Waals surface area contributed by atoms with Gasteiger partial charge in [0.1, 0.15) is 0 Å². The lowest BCUT2D eigenvalue weighted by Gasteiger charge is -2.14. The number of fused-ring (bicyclic) bond motifs is 1. The monoisotopic (exact) mass is 430 g/mol. The molecule has 2 aromatic carbocycles. The minimum atomic E-state index is -3.62. The lowest BCUT2D eigenvalue weighted by Crippen LogP contribution is -2.31. The molecule has 10 heteroatoms. The van der Waals surface area contributed by atoms with Crippen LogP contribution in [0.5, 0.6) is 0 Å². The Morgan fingerprint density at radius 2 is 1.70 bits per heavy atom. The second-order valence-corrected chi connectivity index (χ2v) is 8.67. The SMILES string of the molecule is CC(C)NS(=O)(=O)c1ccc(NC(=O)C(C)OC(=O)c2n[nH]c3ccccc23)cc1. The van der Waals surface area contributed by atoms with Gasteiger partial charge in [0.25, 0.3) is 5.91 Å². The number of aromatic nitrogens is 2. The highest BCUT2D eigenvalue weighted by molar-refractivity contribution is 7.89. The van der Waals surface area contributed by atoms with E-state index in [0.717, 1.165) is 0 Å². The van der Waals surface area contributed by atoms with E-state index >= 15 is 0 Å². The van der Waals surface area contributed by atoms with E-state index in [1.54, 1.807) is 38.1 Å². The molecule has 3 rings (SSSR count). The van der Waals surface area contributed by atoms with E-state index < -0.39 is 28.0 Å². The number of nitrogens with zero attached hydrogens (tertiary/aromatic N) is 1. The maximum absolute atomic E-state index is 12.4. The summed E-state index contributed by atoms with van der Waals surface area (Å²) in [5, 5.41) is 9.87. The number of para-hydroxylation sites is 1. The first-order chi connectivity index (χ1) is 14.2. The number of hydrogen-bond acceptors (Lipinski definition) is 6. The van der Waals surface area contributed by atoms with Crippen molar-refractivity contribution in [2.45, 2.75) is 37.8 Å². The normalized spacial score (nSPS) is 12.7. The molecule has 0 aliphatic heterocycles. The molecular formula is C20H22N4O5S. The maximum atomic E-state index is 12.4. The zero-order valence-electron chi connectivity index (χ0n) is 16.7. The molecule has 158 valence electrons. The zero-order valence-corrected chi connectivity index (χ0v) is 17.5. The van der Waals surface area contributed by atoms with Crippen molar-refractivity contribution in [2.75, 3.05) is 5.32 Å². The van der Waals surface area contributed by atoms with Crippen LogP contribution in [0.3, 0.4) is 0 Å². The summed E-state index contributed by atoms with van der Waals surface area (Å²) in [4.78, 5) is 24.8. The number of carbonyl (C=O) groups is 2. The molecule has 0 saturated heterocycles. The topological polar surface area (TPSA) is 130 Å². The van der Waals surface area contributed by atoms with Crippen LogP contribution < -0.4 is 10.0 Å². The molecule has 0 saturated carbocycles. The number of anilines is 1. The van der Waals surface area contributed by atoms with E-state index in [-0.39, 0.29) is 16.6 Å². The number of sulfonamides is 1. The molecule has 0 spiro atoms. The summed E-state index contributed by atoms with van der Waals surface area (Å²) in [6.07, 6.45) is -1.08. The van der Waals surface area contributed by atoms with Crippen LogP contribution >= 0.6 is 0 Å². The molecule has 1 unspecified atom stereocenters. The second-order valence-electron chi connectivity index (χ2n) is 6.95. The largest absolute Gasteiger partial charge is 0.448 e. The van der Waals surface area contributed by atoms with Crippen LogP contribution in [0.2, 0.25) is 0 Å². The van der Waals surface area contributed by atoms with Crippen molar-refractivity contribution in [1.82, 2.24) is 14.9 Å². The predicted molar refractivity (Wildman–Crippen MR) is 112 cm³/mol. The smallest absolute Gasteiger partial charge is 0.360 e. The molecular weight excluding hydrogens is 408 g/mol. The van der Waals surface area contributed by atoms with Gasteiger partial charge in [0, 0.05) is 17.1 Å². The van der Waals surface area contributed by atoms with Gasteiger partial charge in [0.2, 0.25) is 10.0 Å². The molecule has 1 amide bonds. The molecule has 0 aliphatic rings. The third kappa shape index (κ3) is 4.84. The molecule has 1 aromatic heterocycles. The summed E-state index contributed by atoms with van der Waals surface area (Å²) in [6.45, 7) is 4.88. The predicted octanol–water partition coefficient (Wildman–Crippen LogP) is 2.43. The minimum absolute atomic E-state index is 0.0825. The maximum Gasteiger partial charge on any atom is 0.360 e. The van der Waals surface area contributed by atoms with E-state index in [9.17, 15) is 18.0 Å². The third-order valence-electron chi connectivity index (χ3n) is 4.14. The molecule has 3 N–H and O–H groups in total. The number of aromatic amines is 1. The van der Waals surface area contributed by atoms with E-state index in [1.165, 1.54) is 31.2 Å². The van der Waals surface area contributed by atoms with Gasteiger partial charge >= 0.3 is 5.97 Å². The van der Waals surface area contributed by atoms with Crippen LogP contribution in [-0.2, 0) is 19.6 Å². The van der Waals surface area contributed by atoms with Gasteiger partial charge in [-0.1, -0.05) is 18.2 Å². The number of esters is 1. The van der Waals surface area contributed by atoms with Gasteiger partial charge in [-0.3, -0.25) is 9.89 Å². The van der Waals surface area contributed by atoms with Crippen molar-refractivity contribution in [2.24, 2.45) is 0 Å². The molecule has 3 aromatic rings. The lowest BCUT2D eigenvalue weighted by molar-refractivity contribution is -0.123. The fourth-order valence-corrected chi connectivity index (χ4v) is 3.98. The van der Waals surface area contributed by atoms with Gasteiger partial charge < -0.3 is 10.1 Å². The fraction of sp³-hybridized carbons (Fsp3) is 0.250. The van der Waals surface area contributed by atoms with E-state index in [1.807, 2.05) is 0 Å². The average Bonchev–Trinajstić information content (AvgIpc) is 3.11. The summed E-state index contributed by atoms with van der Waals surface area (Å²) < 4.78 is 32.0. The molecule has 0 bridgehead atoms. The second kappa shape index (κ2) is 8.64. The number of amides is 1. The van der Waals surface area contributed by atoms with Gasteiger partial charge in [-0.15, -0.1) is 0 Å². The Labute approximate surface area is 173 Å². The summed E-state index contributed by atoms with van der Waals surface area (Å²) in [6, 6.07) is 12.5. The van der Waals surface area contributed by atoms with Crippen molar-refractivity contribution < 1.29 is 22.7 Å². The van der Waals surface area contributed by atoms with Crippen LogP contribution in [0.4, 0.5) is 5.69 Å². The van der Waals surface area contributed by atoms with E-state index in [0.29, 0.717) is 16.6 Å².